The maximum absolute atomic E-state index is 11.5. The van der Waals surface area contributed by atoms with Crippen LogP contribution in [0.4, 0.5) is 5.69 Å². The zero-order valence-corrected chi connectivity index (χ0v) is 10.3. The van der Waals surface area contributed by atoms with Crippen LogP contribution in [0.3, 0.4) is 0 Å². The summed E-state index contributed by atoms with van der Waals surface area (Å²) in [6, 6.07) is 6.75. The molecule has 1 aromatic rings. The number of ether oxygens (including phenoxy) is 1. The molecule has 0 unspecified atom stereocenters. The Balaban J connectivity index is 1.81. The van der Waals surface area contributed by atoms with E-state index in [2.05, 4.69) is 10.2 Å². The highest BCUT2D eigenvalue weighted by molar-refractivity contribution is 6.35. The van der Waals surface area contributed by atoms with E-state index in [1.807, 2.05) is 0 Å². The molecule has 1 heterocycles. The van der Waals surface area contributed by atoms with Gasteiger partial charge in [0.2, 0.25) is 0 Å². The van der Waals surface area contributed by atoms with Gasteiger partial charge in [-0.2, -0.15) is 0 Å². The molecule has 0 radical (unpaired) electrons. The average Bonchev–Trinajstić information content (AvgIpc) is 2.44. The lowest BCUT2D eigenvalue weighted by Gasteiger charge is -2.26. The molecule has 0 saturated carbocycles. The molecule has 98 valence electrons. The molecule has 0 atom stereocenters. The molecular weight excluding hydrogens is 246 g/mol. The highest BCUT2D eigenvalue weighted by Gasteiger charge is 2.25. The van der Waals surface area contributed by atoms with E-state index >= 15 is 0 Å². The molecule has 6 nitrogen and oxygen atoms in total. The van der Waals surface area contributed by atoms with E-state index in [0.29, 0.717) is 37.7 Å². The molecule has 0 aromatic heterocycles. The SMILES string of the molecule is [C-]#[N+]c1ccc(OCCN2CCNC(=O)C2=O)cc1. The van der Waals surface area contributed by atoms with Crippen LogP contribution in [-0.4, -0.2) is 43.0 Å². The van der Waals surface area contributed by atoms with Crippen molar-refractivity contribution in [2.75, 3.05) is 26.2 Å². The summed E-state index contributed by atoms with van der Waals surface area (Å²) in [5.74, 6) is -0.438. The van der Waals surface area contributed by atoms with Crippen molar-refractivity contribution in [3.63, 3.8) is 0 Å². The van der Waals surface area contributed by atoms with Gasteiger partial charge in [-0.05, 0) is 12.1 Å². The van der Waals surface area contributed by atoms with Gasteiger partial charge >= 0.3 is 11.8 Å². The Bertz CT molecular complexity index is 519. The van der Waals surface area contributed by atoms with Gasteiger partial charge in [0.05, 0.1) is 13.1 Å². The molecule has 2 amide bonds. The van der Waals surface area contributed by atoms with Gasteiger partial charge in [0.15, 0.2) is 5.69 Å². The number of piperazine rings is 1. The van der Waals surface area contributed by atoms with Crippen molar-refractivity contribution in [1.82, 2.24) is 10.2 Å². The molecule has 1 aromatic carbocycles. The molecule has 19 heavy (non-hydrogen) atoms. The standard InChI is InChI=1S/C13H13N3O3/c1-14-10-2-4-11(5-3-10)19-9-8-16-7-6-15-12(17)13(16)18/h2-5H,6-9H2,(H,15,17). The largest absolute Gasteiger partial charge is 0.492 e. The molecule has 1 aliphatic rings. The van der Waals surface area contributed by atoms with E-state index in [1.165, 1.54) is 4.90 Å². The van der Waals surface area contributed by atoms with Crippen LogP contribution < -0.4 is 10.1 Å². The van der Waals surface area contributed by atoms with Gasteiger partial charge in [0.25, 0.3) is 0 Å². The summed E-state index contributed by atoms with van der Waals surface area (Å²) in [7, 11) is 0. The number of hydrogen-bond acceptors (Lipinski definition) is 3. The van der Waals surface area contributed by atoms with Crippen molar-refractivity contribution < 1.29 is 14.3 Å². The summed E-state index contributed by atoms with van der Waals surface area (Å²) in [5, 5.41) is 2.48. The average molecular weight is 259 g/mol. The van der Waals surface area contributed by atoms with Crippen molar-refractivity contribution in [2.45, 2.75) is 0 Å². The number of amides is 2. The molecular formula is C13H13N3O3. The number of nitrogens with one attached hydrogen (secondary N) is 1. The van der Waals surface area contributed by atoms with Gasteiger partial charge in [-0.3, -0.25) is 9.59 Å². The number of nitrogens with zero attached hydrogens (tertiary/aromatic N) is 2. The summed E-state index contributed by atoms with van der Waals surface area (Å²) in [6.07, 6.45) is 0. The van der Waals surface area contributed by atoms with Crippen LogP contribution in [0.5, 0.6) is 5.75 Å². The summed E-state index contributed by atoms with van der Waals surface area (Å²) < 4.78 is 5.46. The fourth-order valence-corrected chi connectivity index (χ4v) is 1.73. The quantitative estimate of drug-likeness (QED) is 0.635. The molecule has 1 saturated heterocycles. The first-order chi connectivity index (χ1) is 9.20. The number of carbonyl (C=O) groups excluding carboxylic acids is 2. The lowest BCUT2D eigenvalue weighted by atomic mass is 10.3. The van der Waals surface area contributed by atoms with Gasteiger partial charge in [-0.25, -0.2) is 4.85 Å². The molecule has 1 aliphatic heterocycles. The number of carbonyl (C=O) groups is 2. The van der Waals surface area contributed by atoms with Crippen molar-refractivity contribution in [1.29, 1.82) is 0 Å². The molecule has 0 bridgehead atoms. The second-order valence-corrected chi connectivity index (χ2v) is 4.00. The minimum absolute atomic E-state index is 0.316. The highest BCUT2D eigenvalue weighted by Crippen LogP contribution is 2.17. The Labute approximate surface area is 110 Å². The van der Waals surface area contributed by atoms with Gasteiger partial charge in [0, 0.05) is 13.1 Å². The Morgan fingerprint density at radius 2 is 2.05 bits per heavy atom. The zero-order valence-electron chi connectivity index (χ0n) is 10.3. The van der Waals surface area contributed by atoms with E-state index in [-0.39, 0.29) is 0 Å². The van der Waals surface area contributed by atoms with Crippen LogP contribution in [-0.2, 0) is 9.59 Å². The number of rotatable bonds is 4. The van der Waals surface area contributed by atoms with Crippen molar-refractivity contribution in [3.8, 4) is 5.75 Å². The van der Waals surface area contributed by atoms with Gasteiger partial charge in [0.1, 0.15) is 12.4 Å². The molecule has 0 aliphatic carbocycles. The smallest absolute Gasteiger partial charge is 0.312 e. The van der Waals surface area contributed by atoms with Crippen LogP contribution in [0.1, 0.15) is 0 Å². The third-order valence-electron chi connectivity index (χ3n) is 2.74. The lowest BCUT2D eigenvalue weighted by molar-refractivity contribution is -0.148. The van der Waals surface area contributed by atoms with E-state index in [4.69, 9.17) is 11.3 Å². The summed E-state index contributed by atoms with van der Waals surface area (Å²) >= 11 is 0. The van der Waals surface area contributed by atoms with E-state index in [1.54, 1.807) is 24.3 Å². The molecule has 1 N–H and O–H groups in total. The lowest BCUT2D eigenvalue weighted by Crippen LogP contribution is -2.53. The van der Waals surface area contributed by atoms with Crippen LogP contribution >= 0.6 is 0 Å². The number of hydrogen-bond donors (Lipinski definition) is 1. The minimum atomic E-state index is -0.562. The molecule has 2 rings (SSSR count). The maximum atomic E-state index is 11.5. The summed E-state index contributed by atoms with van der Waals surface area (Å²) in [4.78, 5) is 27.4. The van der Waals surface area contributed by atoms with Crippen LogP contribution in [0.2, 0.25) is 0 Å². The van der Waals surface area contributed by atoms with Crippen LogP contribution in [0, 0.1) is 6.57 Å². The fourth-order valence-electron chi connectivity index (χ4n) is 1.73. The summed E-state index contributed by atoms with van der Waals surface area (Å²) in [5.41, 5.74) is 0.551. The fraction of sp³-hybridized carbons (Fsp3) is 0.308. The Hall–Kier alpha value is -2.55. The molecule has 0 spiro atoms. The van der Waals surface area contributed by atoms with E-state index in [0.717, 1.165) is 0 Å². The maximum Gasteiger partial charge on any atom is 0.312 e. The topological polar surface area (TPSA) is 63.0 Å². The van der Waals surface area contributed by atoms with Crippen molar-refractivity contribution >= 4 is 17.5 Å². The van der Waals surface area contributed by atoms with Crippen LogP contribution in [0.25, 0.3) is 4.85 Å². The van der Waals surface area contributed by atoms with E-state index < -0.39 is 11.8 Å². The van der Waals surface area contributed by atoms with Gasteiger partial charge in [-0.1, -0.05) is 12.1 Å². The Morgan fingerprint density at radius 1 is 1.32 bits per heavy atom. The monoisotopic (exact) mass is 259 g/mol. The van der Waals surface area contributed by atoms with Crippen molar-refractivity contribution in [2.24, 2.45) is 0 Å². The second-order valence-electron chi connectivity index (χ2n) is 4.00. The Morgan fingerprint density at radius 3 is 2.74 bits per heavy atom. The predicted octanol–water partition coefficient (Wildman–Crippen LogP) is 0.575. The zero-order chi connectivity index (χ0) is 13.7. The third kappa shape index (κ3) is 3.22. The van der Waals surface area contributed by atoms with Gasteiger partial charge in [-0.15, -0.1) is 0 Å². The van der Waals surface area contributed by atoms with Crippen molar-refractivity contribution in [3.05, 3.63) is 35.7 Å². The number of benzene rings is 1. The normalized spacial score (nSPS) is 14.8. The second kappa shape index (κ2) is 5.87. The molecule has 6 heteroatoms. The first kappa shape index (κ1) is 12.9. The first-order valence-electron chi connectivity index (χ1n) is 5.88. The summed E-state index contributed by atoms with van der Waals surface area (Å²) in [6.45, 7) is 8.50. The third-order valence-corrected chi connectivity index (χ3v) is 2.74. The highest BCUT2D eigenvalue weighted by atomic mass is 16.5. The molecule has 1 fully saturated rings. The first-order valence-corrected chi connectivity index (χ1v) is 5.88. The predicted molar refractivity (Wildman–Crippen MR) is 67.8 cm³/mol. The minimum Gasteiger partial charge on any atom is -0.492 e. The van der Waals surface area contributed by atoms with E-state index in [9.17, 15) is 9.59 Å². The van der Waals surface area contributed by atoms with Gasteiger partial charge < -0.3 is 15.0 Å². The Kier molecular flexibility index (Phi) is 3.98. The van der Waals surface area contributed by atoms with Crippen LogP contribution in [0.15, 0.2) is 24.3 Å².